The van der Waals surface area contributed by atoms with Crippen molar-refractivity contribution in [2.45, 2.75) is 24.7 Å². The van der Waals surface area contributed by atoms with Crippen molar-refractivity contribution in [3.05, 3.63) is 53.6 Å². The molecule has 0 aromatic heterocycles. The molecule has 5 rings (SSSR count). The maximum absolute atomic E-state index is 5.98. The molecule has 144 valence electrons. The van der Waals surface area contributed by atoms with Gasteiger partial charge in [0.1, 0.15) is 13.2 Å². The summed E-state index contributed by atoms with van der Waals surface area (Å²) in [5, 5.41) is 0. The van der Waals surface area contributed by atoms with Crippen LogP contribution in [0.3, 0.4) is 0 Å². The molecule has 1 fully saturated rings. The molecule has 2 aromatic rings. The summed E-state index contributed by atoms with van der Waals surface area (Å²) in [6.45, 7) is 5.40. The smallest absolute Gasteiger partial charge is 0.203 e. The van der Waals surface area contributed by atoms with Crippen LogP contribution < -0.4 is 14.2 Å². The first-order valence-corrected chi connectivity index (χ1v) is 9.71. The molecule has 0 spiro atoms. The minimum atomic E-state index is 0. The van der Waals surface area contributed by atoms with Crippen LogP contribution in [0.4, 0.5) is 0 Å². The molecule has 2 unspecified atom stereocenters. The molecular formula is C22H26ClNO3. The highest BCUT2D eigenvalue weighted by atomic mass is 35.5. The number of halogens is 1. The molecule has 0 aliphatic carbocycles. The Morgan fingerprint density at radius 1 is 0.852 bits per heavy atom. The van der Waals surface area contributed by atoms with Gasteiger partial charge in [-0.1, -0.05) is 36.4 Å². The lowest BCUT2D eigenvalue weighted by Gasteiger charge is -2.32. The zero-order valence-electron chi connectivity index (χ0n) is 15.4. The highest BCUT2D eigenvalue weighted by molar-refractivity contribution is 5.85. The Bertz CT molecular complexity index is 783. The van der Waals surface area contributed by atoms with Crippen molar-refractivity contribution < 1.29 is 14.2 Å². The van der Waals surface area contributed by atoms with E-state index in [1.54, 1.807) is 0 Å². The van der Waals surface area contributed by atoms with Crippen molar-refractivity contribution in [2.75, 3.05) is 39.5 Å². The first-order valence-electron chi connectivity index (χ1n) is 9.71. The van der Waals surface area contributed by atoms with Crippen LogP contribution in [0, 0.1) is 0 Å². The van der Waals surface area contributed by atoms with Crippen molar-refractivity contribution in [1.29, 1.82) is 0 Å². The summed E-state index contributed by atoms with van der Waals surface area (Å²) in [7, 11) is 0. The minimum Gasteiger partial charge on any atom is -0.489 e. The van der Waals surface area contributed by atoms with Gasteiger partial charge in [-0.15, -0.1) is 12.4 Å². The molecule has 0 amide bonds. The maximum Gasteiger partial charge on any atom is 0.203 e. The van der Waals surface area contributed by atoms with Gasteiger partial charge in [0.05, 0.1) is 6.61 Å². The summed E-state index contributed by atoms with van der Waals surface area (Å²) in [6.07, 6.45) is 2.32. The van der Waals surface area contributed by atoms with Gasteiger partial charge in [0.2, 0.25) is 5.75 Å². The van der Waals surface area contributed by atoms with E-state index in [4.69, 9.17) is 14.2 Å². The molecule has 0 radical (unpaired) electrons. The van der Waals surface area contributed by atoms with E-state index < -0.39 is 0 Å². The summed E-state index contributed by atoms with van der Waals surface area (Å²) in [5.74, 6) is 3.71. The minimum absolute atomic E-state index is 0. The number of rotatable bonds is 3. The molecule has 2 aromatic carbocycles. The van der Waals surface area contributed by atoms with Crippen LogP contribution in [0.2, 0.25) is 0 Å². The van der Waals surface area contributed by atoms with E-state index in [1.807, 2.05) is 6.07 Å². The zero-order valence-corrected chi connectivity index (χ0v) is 16.2. The van der Waals surface area contributed by atoms with Crippen LogP contribution >= 0.6 is 12.4 Å². The second-order valence-electron chi connectivity index (χ2n) is 7.50. The summed E-state index contributed by atoms with van der Waals surface area (Å²) in [5.41, 5.74) is 2.76. The third kappa shape index (κ3) is 3.61. The molecule has 2 atom stereocenters. The van der Waals surface area contributed by atoms with E-state index in [-0.39, 0.29) is 12.4 Å². The van der Waals surface area contributed by atoms with Gasteiger partial charge >= 0.3 is 0 Å². The Hall–Kier alpha value is -1.91. The van der Waals surface area contributed by atoms with E-state index in [1.165, 1.54) is 24.1 Å². The van der Waals surface area contributed by atoms with Gasteiger partial charge in [0.25, 0.3) is 0 Å². The fraction of sp³-hybridized carbons (Fsp3) is 0.455. The number of hydrogen-bond acceptors (Lipinski definition) is 4. The first-order chi connectivity index (χ1) is 12.9. The van der Waals surface area contributed by atoms with Crippen LogP contribution in [0.15, 0.2) is 42.5 Å². The molecular weight excluding hydrogens is 362 g/mol. The summed E-state index contributed by atoms with van der Waals surface area (Å²) in [6, 6.07) is 15.2. The standard InChI is InChI=1S/C22H25NO3.ClH/c1-2-4-16(5-3-1)17-8-10-23(14-17)15-18-9-11-25-21-19(18)6-7-20-22(21)26-13-12-24-20;/h1-7,17-18H,8-15H2;1H. The predicted molar refractivity (Wildman–Crippen MR) is 108 cm³/mol. The normalized spacial score (nSPS) is 23.9. The molecule has 4 nitrogen and oxygen atoms in total. The van der Waals surface area contributed by atoms with Crippen LogP contribution in [0.25, 0.3) is 0 Å². The van der Waals surface area contributed by atoms with Crippen LogP contribution in [-0.2, 0) is 0 Å². The second-order valence-corrected chi connectivity index (χ2v) is 7.50. The Balaban J connectivity index is 0.00000180. The van der Waals surface area contributed by atoms with Gasteiger partial charge in [-0.3, -0.25) is 0 Å². The third-order valence-electron chi connectivity index (χ3n) is 5.87. The number of nitrogens with zero attached hydrogens (tertiary/aromatic N) is 1. The van der Waals surface area contributed by atoms with Gasteiger partial charge in [-0.2, -0.15) is 0 Å². The van der Waals surface area contributed by atoms with Gasteiger partial charge in [-0.25, -0.2) is 0 Å². The van der Waals surface area contributed by atoms with E-state index in [9.17, 15) is 0 Å². The van der Waals surface area contributed by atoms with E-state index in [2.05, 4.69) is 41.3 Å². The van der Waals surface area contributed by atoms with Crippen molar-refractivity contribution in [2.24, 2.45) is 0 Å². The fourth-order valence-corrected chi connectivity index (χ4v) is 4.53. The van der Waals surface area contributed by atoms with Gasteiger partial charge in [0.15, 0.2) is 11.5 Å². The average Bonchev–Trinajstić information content (AvgIpc) is 3.17. The first kappa shape index (κ1) is 18.5. The predicted octanol–water partition coefficient (Wildman–Crippen LogP) is 4.24. The third-order valence-corrected chi connectivity index (χ3v) is 5.87. The SMILES string of the molecule is Cl.c1ccc(C2CCN(CC3CCOc4c3ccc3c4OCCO3)C2)cc1. The van der Waals surface area contributed by atoms with E-state index in [0.29, 0.717) is 25.0 Å². The number of benzene rings is 2. The largest absolute Gasteiger partial charge is 0.489 e. The van der Waals surface area contributed by atoms with Gasteiger partial charge in [-0.05, 0) is 36.9 Å². The Kier molecular flexibility index (Phi) is 5.46. The lowest BCUT2D eigenvalue weighted by Crippen LogP contribution is -2.29. The van der Waals surface area contributed by atoms with Crippen LogP contribution in [-0.4, -0.2) is 44.4 Å². The Labute approximate surface area is 166 Å². The summed E-state index contributed by atoms with van der Waals surface area (Å²) < 4.78 is 17.5. The van der Waals surface area contributed by atoms with Crippen LogP contribution in [0.1, 0.15) is 35.8 Å². The molecule has 27 heavy (non-hydrogen) atoms. The molecule has 3 aliphatic rings. The Morgan fingerprint density at radius 3 is 2.56 bits per heavy atom. The molecule has 0 bridgehead atoms. The molecule has 0 saturated carbocycles. The van der Waals surface area contributed by atoms with Crippen molar-refractivity contribution >= 4 is 12.4 Å². The summed E-state index contributed by atoms with van der Waals surface area (Å²) in [4.78, 5) is 2.62. The molecule has 5 heteroatoms. The summed E-state index contributed by atoms with van der Waals surface area (Å²) >= 11 is 0. The quantitative estimate of drug-likeness (QED) is 0.788. The van der Waals surface area contributed by atoms with Crippen LogP contribution in [0.5, 0.6) is 17.2 Å². The maximum atomic E-state index is 5.98. The highest BCUT2D eigenvalue weighted by Gasteiger charge is 2.32. The van der Waals surface area contributed by atoms with Crippen molar-refractivity contribution in [3.8, 4) is 17.2 Å². The molecule has 3 aliphatic heterocycles. The fourth-order valence-electron chi connectivity index (χ4n) is 4.53. The zero-order chi connectivity index (χ0) is 17.3. The Morgan fingerprint density at radius 2 is 1.67 bits per heavy atom. The monoisotopic (exact) mass is 387 g/mol. The molecule has 1 saturated heterocycles. The molecule has 3 heterocycles. The number of ether oxygens (including phenoxy) is 3. The number of hydrogen-bond donors (Lipinski definition) is 0. The topological polar surface area (TPSA) is 30.9 Å². The number of fused-ring (bicyclic) bond motifs is 3. The lowest BCUT2D eigenvalue weighted by atomic mass is 9.92. The van der Waals surface area contributed by atoms with E-state index in [0.717, 1.165) is 43.4 Å². The van der Waals surface area contributed by atoms with Crippen molar-refractivity contribution in [1.82, 2.24) is 4.90 Å². The second kappa shape index (κ2) is 7.99. The van der Waals surface area contributed by atoms with Gasteiger partial charge < -0.3 is 19.1 Å². The van der Waals surface area contributed by atoms with E-state index >= 15 is 0 Å². The molecule has 0 N–H and O–H groups in total. The lowest BCUT2D eigenvalue weighted by molar-refractivity contribution is 0.154. The highest BCUT2D eigenvalue weighted by Crippen LogP contribution is 2.47. The van der Waals surface area contributed by atoms with Crippen molar-refractivity contribution in [3.63, 3.8) is 0 Å². The van der Waals surface area contributed by atoms with Gasteiger partial charge in [0, 0.05) is 24.6 Å². The number of likely N-dealkylation sites (tertiary alicyclic amines) is 1. The average molecular weight is 388 g/mol.